The van der Waals surface area contributed by atoms with Crippen LogP contribution in [0.4, 0.5) is 8.78 Å². The Morgan fingerprint density at radius 1 is 1.09 bits per heavy atom. The molecule has 0 aliphatic carbocycles. The first-order chi connectivity index (χ1) is 16.2. The Balaban J connectivity index is 1.46. The maximum atomic E-state index is 13.5. The van der Waals surface area contributed by atoms with E-state index >= 15 is 0 Å². The third kappa shape index (κ3) is 5.65. The van der Waals surface area contributed by atoms with E-state index in [9.17, 15) is 13.6 Å². The number of thiophene rings is 1. The van der Waals surface area contributed by atoms with Crippen LogP contribution in [0.1, 0.15) is 47.9 Å². The van der Waals surface area contributed by atoms with Gasteiger partial charge in [0, 0.05) is 41.4 Å². The lowest BCUT2D eigenvalue weighted by atomic mass is 10.0. The highest BCUT2D eigenvalue weighted by molar-refractivity contribution is 7.15. The first-order valence-corrected chi connectivity index (χ1v) is 12.3. The van der Waals surface area contributed by atoms with Crippen molar-refractivity contribution in [3.63, 3.8) is 0 Å². The molecule has 34 heavy (non-hydrogen) atoms. The molecule has 1 aliphatic rings. The zero-order chi connectivity index (χ0) is 24.3. The van der Waals surface area contributed by atoms with E-state index in [1.165, 1.54) is 28.1 Å². The monoisotopic (exact) mass is 485 g/mol. The van der Waals surface area contributed by atoms with Crippen LogP contribution in [0.5, 0.6) is 5.75 Å². The fraction of sp³-hybridized carbons (Fsp3) is 0.370. The average molecular weight is 486 g/mol. The van der Waals surface area contributed by atoms with E-state index in [0.717, 1.165) is 49.7 Å². The molecule has 2 aromatic carbocycles. The molecule has 1 unspecified atom stereocenters. The lowest BCUT2D eigenvalue weighted by Gasteiger charge is -2.29. The summed E-state index contributed by atoms with van der Waals surface area (Å²) in [6.07, 6.45) is 2.78. The van der Waals surface area contributed by atoms with Crippen LogP contribution in [-0.4, -0.2) is 35.7 Å². The standard InChI is InChI=1S/C27H29F2NO3S/c1-3-23(25-11-10-24(34-25)19-4-7-21(8-5-19)27(2,28)29)30-14-12-18-6-9-22(33-17-26(31)32)16-20(18)13-15-30/h4-11,16,23H,3,12-15,17H2,1-2H3,(H,31,32). The van der Waals surface area contributed by atoms with E-state index in [2.05, 4.69) is 24.0 Å². The lowest BCUT2D eigenvalue weighted by Crippen LogP contribution is -2.30. The molecule has 0 bridgehead atoms. The summed E-state index contributed by atoms with van der Waals surface area (Å²) in [5.41, 5.74) is 3.47. The Morgan fingerprint density at radius 2 is 1.79 bits per heavy atom. The number of nitrogens with zero attached hydrogens (tertiary/aromatic N) is 1. The number of halogens is 2. The van der Waals surface area contributed by atoms with Gasteiger partial charge in [-0.15, -0.1) is 11.3 Å². The van der Waals surface area contributed by atoms with Crippen molar-refractivity contribution in [3.8, 4) is 16.2 Å². The van der Waals surface area contributed by atoms with Gasteiger partial charge in [-0.25, -0.2) is 13.6 Å². The molecule has 4 nitrogen and oxygen atoms in total. The minimum atomic E-state index is -2.83. The molecule has 7 heteroatoms. The zero-order valence-corrected chi connectivity index (χ0v) is 20.2. The van der Waals surface area contributed by atoms with Gasteiger partial charge in [-0.2, -0.15) is 0 Å². The van der Waals surface area contributed by atoms with Gasteiger partial charge >= 0.3 is 5.97 Å². The number of ether oxygens (including phenoxy) is 1. The minimum absolute atomic E-state index is 0.0279. The SMILES string of the molecule is CCC(c1ccc(-c2ccc(C(C)(F)F)cc2)s1)N1CCc2ccc(OCC(=O)O)cc2CC1. The van der Waals surface area contributed by atoms with Gasteiger partial charge in [0.2, 0.25) is 0 Å². The largest absolute Gasteiger partial charge is 0.482 e. The summed E-state index contributed by atoms with van der Waals surface area (Å²) in [5, 5.41) is 8.85. The normalized spacial score (nSPS) is 15.4. The van der Waals surface area contributed by atoms with Crippen LogP contribution in [0.3, 0.4) is 0 Å². The summed E-state index contributed by atoms with van der Waals surface area (Å²) in [4.78, 5) is 15.7. The van der Waals surface area contributed by atoms with E-state index in [0.29, 0.717) is 5.75 Å². The highest BCUT2D eigenvalue weighted by Crippen LogP contribution is 2.37. The molecule has 4 rings (SSSR count). The van der Waals surface area contributed by atoms with Crippen LogP contribution >= 0.6 is 11.3 Å². The van der Waals surface area contributed by atoms with Gasteiger partial charge in [-0.3, -0.25) is 4.90 Å². The Kier molecular flexibility index (Phi) is 7.33. The number of hydrogen-bond donors (Lipinski definition) is 1. The molecule has 0 saturated carbocycles. The molecule has 0 fully saturated rings. The number of benzene rings is 2. The quantitative estimate of drug-likeness (QED) is 0.394. The van der Waals surface area contributed by atoms with Crippen LogP contribution in [0, 0.1) is 0 Å². The molecule has 1 aromatic heterocycles. The second-order valence-electron chi connectivity index (χ2n) is 8.74. The van der Waals surface area contributed by atoms with Gasteiger partial charge in [0.25, 0.3) is 5.92 Å². The van der Waals surface area contributed by atoms with E-state index in [4.69, 9.17) is 9.84 Å². The Hall–Kier alpha value is -2.77. The molecule has 1 N–H and O–H groups in total. The van der Waals surface area contributed by atoms with Gasteiger partial charge < -0.3 is 9.84 Å². The Labute approximate surface area is 202 Å². The maximum absolute atomic E-state index is 13.5. The summed E-state index contributed by atoms with van der Waals surface area (Å²) in [6.45, 7) is 4.61. The van der Waals surface area contributed by atoms with E-state index in [1.807, 2.05) is 18.2 Å². The number of hydrogen-bond acceptors (Lipinski definition) is 4. The molecule has 2 heterocycles. The van der Waals surface area contributed by atoms with Crippen LogP contribution in [-0.2, 0) is 23.6 Å². The van der Waals surface area contributed by atoms with Crippen LogP contribution < -0.4 is 4.74 Å². The van der Waals surface area contributed by atoms with Crippen molar-refractivity contribution < 1.29 is 23.4 Å². The highest BCUT2D eigenvalue weighted by atomic mass is 32.1. The summed E-state index contributed by atoms with van der Waals surface area (Å²) in [5.74, 6) is -3.22. The predicted molar refractivity (Wildman–Crippen MR) is 131 cm³/mol. The number of carboxylic acids is 1. The second-order valence-corrected chi connectivity index (χ2v) is 9.86. The van der Waals surface area contributed by atoms with Crippen molar-refractivity contribution in [3.05, 3.63) is 76.2 Å². The smallest absolute Gasteiger partial charge is 0.341 e. The highest BCUT2D eigenvalue weighted by Gasteiger charge is 2.25. The van der Waals surface area contributed by atoms with Crippen molar-refractivity contribution in [2.45, 2.75) is 45.1 Å². The Bertz CT molecular complexity index is 1140. The average Bonchev–Trinajstić information content (AvgIpc) is 3.20. The number of rotatable bonds is 8. The number of alkyl halides is 2. The molecule has 1 atom stereocenters. The zero-order valence-electron chi connectivity index (χ0n) is 19.4. The van der Waals surface area contributed by atoms with Crippen molar-refractivity contribution in [1.29, 1.82) is 0 Å². The molecule has 1 aliphatic heterocycles. The molecule has 0 saturated heterocycles. The minimum Gasteiger partial charge on any atom is -0.482 e. The fourth-order valence-corrected chi connectivity index (χ4v) is 5.75. The molecular weight excluding hydrogens is 456 g/mol. The summed E-state index contributed by atoms with van der Waals surface area (Å²) in [6, 6.07) is 17.0. The second kappa shape index (κ2) is 10.2. The third-order valence-electron chi connectivity index (χ3n) is 6.34. The first kappa shape index (κ1) is 24.4. The molecule has 0 amide bonds. The van der Waals surface area contributed by atoms with Gasteiger partial charge in [-0.1, -0.05) is 37.3 Å². The van der Waals surface area contributed by atoms with Gasteiger partial charge in [0.05, 0.1) is 0 Å². The summed E-state index contributed by atoms with van der Waals surface area (Å²) in [7, 11) is 0. The van der Waals surface area contributed by atoms with Crippen molar-refractivity contribution in [2.75, 3.05) is 19.7 Å². The van der Waals surface area contributed by atoms with Crippen LogP contribution in [0.2, 0.25) is 0 Å². The third-order valence-corrected chi connectivity index (χ3v) is 7.57. The molecular formula is C27H29F2NO3S. The fourth-order valence-electron chi connectivity index (χ4n) is 4.52. The topological polar surface area (TPSA) is 49.8 Å². The van der Waals surface area contributed by atoms with Gasteiger partial charge in [0.1, 0.15) is 5.75 Å². The molecule has 0 radical (unpaired) electrons. The van der Waals surface area contributed by atoms with Crippen LogP contribution in [0.25, 0.3) is 10.4 Å². The summed E-state index contributed by atoms with van der Waals surface area (Å²) < 4.78 is 32.4. The van der Waals surface area contributed by atoms with Crippen molar-refractivity contribution >= 4 is 17.3 Å². The van der Waals surface area contributed by atoms with E-state index in [-0.39, 0.29) is 18.2 Å². The molecule has 180 valence electrons. The van der Waals surface area contributed by atoms with Crippen molar-refractivity contribution in [1.82, 2.24) is 4.90 Å². The van der Waals surface area contributed by atoms with Gasteiger partial charge in [0.15, 0.2) is 6.61 Å². The summed E-state index contributed by atoms with van der Waals surface area (Å²) >= 11 is 1.72. The number of carbonyl (C=O) groups is 1. The number of fused-ring (bicyclic) bond motifs is 1. The molecule has 0 spiro atoms. The number of carboxylic acid groups (broad SMARTS) is 1. The van der Waals surface area contributed by atoms with Crippen LogP contribution in [0.15, 0.2) is 54.6 Å². The lowest BCUT2D eigenvalue weighted by molar-refractivity contribution is -0.139. The maximum Gasteiger partial charge on any atom is 0.341 e. The first-order valence-electron chi connectivity index (χ1n) is 11.5. The van der Waals surface area contributed by atoms with E-state index < -0.39 is 11.9 Å². The van der Waals surface area contributed by atoms with Crippen molar-refractivity contribution in [2.24, 2.45) is 0 Å². The predicted octanol–water partition coefficient (Wildman–Crippen LogP) is 6.54. The molecule has 3 aromatic rings. The number of aliphatic carboxylic acids is 1. The van der Waals surface area contributed by atoms with E-state index in [1.54, 1.807) is 23.5 Å². The van der Waals surface area contributed by atoms with Gasteiger partial charge in [-0.05, 0) is 60.2 Å². The Morgan fingerprint density at radius 3 is 2.44 bits per heavy atom.